The number of hydrogen-bond donors (Lipinski definition) is 1. The molecule has 3 nitrogen and oxygen atoms in total. The van der Waals surface area contributed by atoms with Crippen molar-refractivity contribution in [1.82, 2.24) is 5.32 Å². The highest BCUT2D eigenvalue weighted by Gasteiger charge is 2.21. The summed E-state index contributed by atoms with van der Waals surface area (Å²) in [4.78, 5) is 0. The summed E-state index contributed by atoms with van der Waals surface area (Å²) in [5.74, 6) is 0. The van der Waals surface area contributed by atoms with Gasteiger partial charge in [0.2, 0.25) is 0 Å². The number of aryl methyl sites for hydroxylation is 1. The van der Waals surface area contributed by atoms with Crippen molar-refractivity contribution in [3.63, 3.8) is 0 Å². The second-order valence-electron chi connectivity index (χ2n) is 4.85. The number of nitrogens with one attached hydrogen (secondary N) is 1. The smallest absolute Gasteiger partial charge is 0.159 e. The van der Waals surface area contributed by atoms with Gasteiger partial charge in [-0.25, -0.2) is 0 Å². The van der Waals surface area contributed by atoms with Gasteiger partial charge in [-0.2, -0.15) is 0 Å². The maximum Gasteiger partial charge on any atom is 0.159 e. The van der Waals surface area contributed by atoms with Gasteiger partial charge in [-0.1, -0.05) is 36.8 Å². The monoisotopic (exact) mass is 249 g/mol. The Morgan fingerprint density at radius 1 is 1.33 bits per heavy atom. The summed E-state index contributed by atoms with van der Waals surface area (Å²) in [7, 11) is 0. The van der Waals surface area contributed by atoms with Gasteiger partial charge in [0.25, 0.3) is 0 Å². The van der Waals surface area contributed by atoms with E-state index in [1.165, 1.54) is 11.1 Å². The van der Waals surface area contributed by atoms with Gasteiger partial charge < -0.3 is 14.8 Å². The zero-order chi connectivity index (χ0) is 12.8. The zero-order valence-electron chi connectivity index (χ0n) is 11.3. The topological polar surface area (TPSA) is 30.5 Å². The third-order valence-electron chi connectivity index (χ3n) is 3.23. The van der Waals surface area contributed by atoms with Crippen LogP contribution < -0.4 is 5.32 Å². The molecule has 1 heterocycles. The summed E-state index contributed by atoms with van der Waals surface area (Å²) in [6.45, 7) is 6.71. The van der Waals surface area contributed by atoms with E-state index >= 15 is 0 Å². The summed E-state index contributed by atoms with van der Waals surface area (Å²) >= 11 is 0. The molecule has 3 heteroatoms. The average Bonchev–Trinajstić information content (AvgIpc) is 2.82. The first-order valence-electron chi connectivity index (χ1n) is 6.80. The third kappa shape index (κ3) is 4.09. The molecule has 1 saturated heterocycles. The molecule has 100 valence electrons. The number of ether oxygens (including phenoxy) is 2. The van der Waals surface area contributed by atoms with E-state index in [1.807, 2.05) is 0 Å². The van der Waals surface area contributed by atoms with E-state index in [1.54, 1.807) is 0 Å². The van der Waals surface area contributed by atoms with Gasteiger partial charge in [-0.15, -0.1) is 0 Å². The SMILES string of the molecule is CCNC(Cc1cccc(C)c1)CC1OCCO1. The maximum absolute atomic E-state index is 5.53. The highest BCUT2D eigenvalue weighted by atomic mass is 16.7. The molecular weight excluding hydrogens is 226 g/mol. The highest BCUT2D eigenvalue weighted by molar-refractivity contribution is 5.23. The van der Waals surface area contributed by atoms with Gasteiger partial charge in [0, 0.05) is 12.5 Å². The van der Waals surface area contributed by atoms with Gasteiger partial charge in [-0.05, 0) is 25.5 Å². The van der Waals surface area contributed by atoms with Crippen LogP contribution in [0.5, 0.6) is 0 Å². The number of benzene rings is 1. The van der Waals surface area contributed by atoms with Crippen LogP contribution in [-0.2, 0) is 15.9 Å². The third-order valence-corrected chi connectivity index (χ3v) is 3.23. The van der Waals surface area contributed by atoms with E-state index in [-0.39, 0.29) is 6.29 Å². The minimum atomic E-state index is -0.0288. The van der Waals surface area contributed by atoms with E-state index in [2.05, 4.69) is 43.4 Å². The fraction of sp³-hybridized carbons (Fsp3) is 0.600. The first-order valence-corrected chi connectivity index (χ1v) is 6.80. The van der Waals surface area contributed by atoms with Crippen LogP contribution in [0.4, 0.5) is 0 Å². The summed E-state index contributed by atoms with van der Waals surface area (Å²) in [5, 5.41) is 3.52. The summed E-state index contributed by atoms with van der Waals surface area (Å²) < 4.78 is 11.1. The molecule has 1 unspecified atom stereocenters. The average molecular weight is 249 g/mol. The lowest BCUT2D eigenvalue weighted by Gasteiger charge is -2.21. The molecule has 1 fully saturated rings. The van der Waals surface area contributed by atoms with E-state index in [0.29, 0.717) is 6.04 Å². The number of rotatable bonds is 6. The Bertz CT molecular complexity index is 361. The molecule has 1 N–H and O–H groups in total. The molecule has 0 aromatic heterocycles. The van der Waals surface area contributed by atoms with Crippen LogP contribution in [0.2, 0.25) is 0 Å². The Balaban J connectivity index is 1.92. The predicted octanol–water partition coefficient (Wildman–Crippen LogP) is 2.28. The lowest BCUT2D eigenvalue weighted by molar-refractivity contribution is -0.0525. The molecule has 0 saturated carbocycles. The van der Waals surface area contributed by atoms with Gasteiger partial charge in [-0.3, -0.25) is 0 Å². The molecule has 2 rings (SSSR count). The largest absolute Gasteiger partial charge is 0.350 e. The van der Waals surface area contributed by atoms with E-state index in [9.17, 15) is 0 Å². The van der Waals surface area contributed by atoms with Crippen molar-refractivity contribution in [2.75, 3.05) is 19.8 Å². The minimum Gasteiger partial charge on any atom is -0.350 e. The molecule has 0 spiro atoms. The van der Waals surface area contributed by atoms with Gasteiger partial charge in [0.05, 0.1) is 13.2 Å². The van der Waals surface area contributed by atoms with E-state index in [0.717, 1.165) is 32.6 Å². The summed E-state index contributed by atoms with van der Waals surface area (Å²) in [6, 6.07) is 9.11. The molecule has 0 amide bonds. The van der Waals surface area contributed by atoms with Gasteiger partial charge >= 0.3 is 0 Å². The molecule has 1 aromatic carbocycles. The molecule has 0 aliphatic carbocycles. The van der Waals surface area contributed by atoms with Crippen molar-refractivity contribution < 1.29 is 9.47 Å². The van der Waals surface area contributed by atoms with Crippen LogP contribution >= 0.6 is 0 Å². The van der Waals surface area contributed by atoms with Gasteiger partial charge in [0.15, 0.2) is 6.29 Å². The second kappa shape index (κ2) is 6.88. The van der Waals surface area contributed by atoms with Crippen LogP contribution in [0.1, 0.15) is 24.5 Å². The molecule has 1 aromatic rings. The van der Waals surface area contributed by atoms with Crippen LogP contribution in [0.15, 0.2) is 24.3 Å². The maximum atomic E-state index is 5.53. The Labute approximate surface area is 109 Å². The molecule has 0 radical (unpaired) electrons. The number of hydrogen-bond acceptors (Lipinski definition) is 3. The first kappa shape index (κ1) is 13.5. The first-order chi connectivity index (χ1) is 8.78. The predicted molar refractivity (Wildman–Crippen MR) is 72.7 cm³/mol. The van der Waals surface area contributed by atoms with E-state index < -0.39 is 0 Å². The Morgan fingerprint density at radius 3 is 2.78 bits per heavy atom. The van der Waals surface area contributed by atoms with Crippen molar-refractivity contribution in [1.29, 1.82) is 0 Å². The second-order valence-corrected chi connectivity index (χ2v) is 4.85. The van der Waals surface area contributed by atoms with Crippen LogP contribution in [0, 0.1) is 6.92 Å². The fourth-order valence-electron chi connectivity index (χ4n) is 2.43. The zero-order valence-corrected chi connectivity index (χ0v) is 11.3. The van der Waals surface area contributed by atoms with Crippen LogP contribution in [0.3, 0.4) is 0 Å². The minimum absolute atomic E-state index is 0.0288. The standard InChI is InChI=1S/C15H23NO2/c1-3-16-14(11-15-17-7-8-18-15)10-13-6-4-5-12(2)9-13/h4-6,9,14-16H,3,7-8,10-11H2,1-2H3. The van der Waals surface area contributed by atoms with Crippen molar-refractivity contribution in [2.45, 2.75) is 39.0 Å². The lowest BCUT2D eigenvalue weighted by atomic mass is 10.0. The van der Waals surface area contributed by atoms with Crippen molar-refractivity contribution in [3.05, 3.63) is 35.4 Å². The molecule has 1 atom stereocenters. The molecule has 1 aliphatic heterocycles. The van der Waals surface area contributed by atoms with Gasteiger partial charge in [0.1, 0.15) is 0 Å². The van der Waals surface area contributed by atoms with Crippen molar-refractivity contribution in [2.24, 2.45) is 0 Å². The molecule has 1 aliphatic rings. The molecule has 18 heavy (non-hydrogen) atoms. The lowest BCUT2D eigenvalue weighted by Crippen LogP contribution is -2.34. The number of likely N-dealkylation sites (N-methyl/N-ethyl adjacent to an activating group) is 1. The summed E-state index contributed by atoms with van der Waals surface area (Å²) in [5.41, 5.74) is 2.69. The Hall–Kier alpha value is -0.900. The Kier molecular flexibility index (Phi) is 5.17. The normalized spacial score (nSPS) is 18.1. The van der Waals surface area contributed by atoms with Crippen molar-refractivity contribution in [3.8, 4) is 0 Å². The van der Waals surface area contributed by atoms with Crippen LogP contribution in [-0.4, -0.2) is 32.1 Å². The Morgan fingerprint density at radius 2 is 2.11 bits per heavy atom. The summed E-state index contributed by atoms with van der Waals surface area (Å²) in [6.07, 6.45) is 1.92. The highest BCUT2D eigenvalue weighted by Crippen LogP contribution is 2.14. The van der Waals surface area contributed by atoms with E-state index in [4.69, 9.17) is 9.47 Å². The molecular formula is C15H23NO2. The molecule has 0 bridgehead atoms. The van der Waals surface area contributed by atoms with Crippen LogP contribution in [0.25, 0.3) is 0 Å². The quantitative estimate of drug-likeness (QED) is 0.839. The fourth-order valence-corrected chi connectivity index (χ4v) is 2.43. The van der Waals surface area contributed by atoms with Crippen molar-refractivity contribution >= 4 is 0 Å².